The molecule has 1 amide bonds. The molecule has 0 aromatic heterocycles. The van der Waals surface area contributed by atoms with Crippen LogP contribution in [-0.2, 0) is 4.79 Å². The van der Waals surface area contributed by atoms with Gasteiger partial charge in [-0.25, -0.2) is 4.39 Å². The predicted molar refractivity (Wildman–Crippen MR) is 72.3 cm³/mol. The van der Waals surface area contributed by atoms with Gasteiger partial charge in [-0.2, -0.15) is 0 Å². The molecule has 1 unspecified atom stereocenters. The number of nitrogens with one attached hydrogen (secondary N) is 2. The molecule has 0 saturated carbocycles. The molecule has 0 heterocycles. The van der Waals surface area contributed by atoms with Crippen molar-refractivity contribution >= 4 is 23.2 Å². The maximum atomic E-state index is 13.1. The second-order valence-electron chi connectivity index (χ2n) is 4.66. The summed E-state index contributed by atoms with van der Waals surface area (Å²) in [6.07, 6.45) is 0. The van der Waals surface area contributed by atoms with Crippen LogP contribution in [0.3, 0.4) is 0 Å². The van der Waals surface area contributed by atoms with Gasteiger partial charge in [0.2, 0.25) is 5.91 Å². The number of hydrogen-bond donors (Lipinski definition) is 2. The van der Waals surface area contributed by atoms with Crippen molar-refractivity contribution in [3.05, 3.63) is 29.0 Å². The molecule has 0 aliphatic rings. The molecule has 0 spiro atoms. The Balaban J connectivity index is 2.58. The van der Waals surface area contributed by atoms with Gasteiger partial charge < -0.3 is 10.6 Å². The number of anilines is 1. The van der Waals surface area contributed by atoms with Gasteiger partial charge in [0.15, 0.2) is 0 Å². The second-order valence-corrected chi connectivity index (χ2v) is 5.10. The molecular weight excluding hydrogens is 255 g/mol. The molecule has 0 bridgehead atoms. The summed E-state index contributed by atoms with van der Waals surface area (Å²) in [5.74, 6) is -0.159. The van der Waals surface area contributed by atoms with Crippen molar-refractivity contribution in [2.24, 2.45) is 5.92 Å². The minimum absolute atomic E-state index is 0.121. The van der Waals surface area contributed by atoms with Crippen molar-refractivity contribution in [3.8, 4) is 0 Å². The van der Waals surface area contributed by atoms with Crippen LogP contribution in [-0.4, -0.2) is 18.5 Å². The van der Waals surface area contributed by atoms with E-state index in [2.05, 4.69) is 10.6 Å². The average Bonchev–Trinajstić information content (AvgIpc) is 2.24. The highest BCUT2D eigenvalue weighted by Crippen LogP contribution is 2.18. The van der Waals surface area contributed by atoms with Gasteiger partial charge in [-0.3, -0.25) is 4.79 Å². The van der Waals surface area contributed by atoms with Crippen LogP contribution in [0.4, 0.5) is 10.1 Å². The Morgan fingerprint density at radius 2 is 2.00 bits per heavy atom. The lowest BCUT2D eigenvalue weighted by Crippen LogP contribution is -2.39. The van der Waals surface area contributed by atoms with Crippen LogP contribution >= 0.6 is 11.6 Å². The zero-order valence-electron chi connectivity index (χ0n) is 10.8. The van der Waals surface area contributed by atoms with E-state index in [1.54, 1.807) is 13.0 Å². The van der Waals surface area contributed by atoms with E-state index < -0.39 is 11.9 Å². The quantitative estimate of drug-likeness (QED) is 0.865. The summed E-state index contributed by atoms with van der Waals surface area (Å²) in [4.78, 5) is 11.7. The Morgan fingerprint density at radius 3 is 2.56 bits per heavy atom. The van der Waals surface area contributed by atoms with E-state index in [0.717, 1.165) is 0 Å². The molecular formula is C13H18ClFN2O. The third-order valence-electron chi connectivity index (χ3n) is 2.32. The normalized spacial score (nSPS) is 12.3. The SMILES string of the molecule is CC(C)CNC(=O)C(C)Nc1cc(F)cc(Cl)c1. The molecule has 0 saturated heterocycles. The first kappa shape index (κ1) is 14.8. The Kier molecular flexibility index (Phi) is 5.41. The highest BCUT2D eigenvalue weighted by atomic mass is 35.5. The molecule has 2 N–H and O–H groups in total. The number of amides is 1. The number of hydrogen-bond acceptors (Lipinski definition) is 2. The minimum Gasteiger partial charge on any atom is -0.374 e. The van der Waals surface area contributed by atoms with Crippen molar-refractivity contribution in [1.82, 2.24) is 5.32 Å². The molecule has 1 aromatic rings. The summed E-state index contributed by atoms with van der Waals surface area (Å²) in [6, 6.07) is 3.66. The van der Waals surface area contributed by atoms with Crippen LogP contribution in [0.15, 0.2) is 18.2 Å². The Bertz CT molecular complexity index is 403. The smallest absolute Gasteiger partial charge is 0.242 e. The standard InChI is InChI=1S/C13H18ClFN2O/c1-8(2)7-16-13(18)9(3)17-12-5-10(14)4-11(15)6-12/h4-6,8-9,17H,7H2,1-3H3,(H,16,18). The summed E-state index contributed by atoms with van der Waals surface area (Å²) >= 11 is 5.74. The summed E-state index contributed by atoms with van der Waals surface area (Å²) in [7, 11) is 0. The molecule has 5 heteroatoms. The van der Waals surface area contributed by atoms with Gasteiger partial charge in [0.05, 0.1) is 0 Å². The van der Waals surface area contributed by atoms with Gasteiger partial charge in [0.1, 0.15) is 11.9 Å². The summed E-state index contributed by atoms with van der Waals surface area (Å²) in [5, 5.41) is 6.01. The topological polar surface area (TPSA) is 41.1 Å². The van der Waals surface area contributed by atoms with E-state index in [9.17, 15) is 9.18 Å². The number of carbonyl (C=O) groups excluding carboxylic acids is 1. The van der Waals surface area contributed by atoms with E-state index in [1.165, 1.54) is 12.1 Å². The minimum atomic E-state index is -0.443. The van der Waals surface area contributed by atoms with Gasteiger partial charge in [0, 0.05) is 17.3 Å². The first-order chi connectivity index (χ1) is 8.38. The van der Waals surface area contributed by atoms with Crippen molar-refractivity contribution in [1.29, 1.82) is 0 Å². The van der Waals surface area contributed by atoms with Crippen molar-refractivity contribution in [3.63, 3.8) is 0 Å². The number of benzene rings is 1. The third kappa shape index (κ3) is 4.92. The molecule has 3 nitrogen and oxygen atoms in total. The largest absolute Gasteiger partial charge is 0.374 e. The van der Waals surface area contributed by atoms with E-state index in [1.807, 2.05) is 13.8 Å². The zero-order chi connectivity index (χ0) is 13.7. The van der Waals surface area contributed by atoms with Crippen LogP contribution in [0, 0.1) is 11.7 Å². The van der Waals surface area contributed by atoms with Gasteiger partial charge in [-0.1, -0.05) is 25.4 Å². The maximum absolute atomic E-state index is 13.1. The van der Waals surface area contributed by atoms with Crippen LogP contribution in [0.25, 0.3) is 0 Å². The molecule has 100 valence electrons. The van der Waals surface area contributed by atoms with Crippen LogP contribution in [0.2, 0.25) is 5.02 Å². The zero-order valence-corrected chi connectivity index (χ0v) is 11.5. The fraction of sp³-hybridized carbons (Fsp3) is 0.462. The number of rotatable bonds is 5. The van der Waals surface area contributed by atoms with E-state index in [0.29, 0.717) is 23.2 Å². The molecule has 1 rings (SSSR count). The van der Waals surface area contributed by atoms with Gasteiger partial charge in [-0.05, 0) is 31.0 Å². The first-order valence-electron chi connectivity index (χ1n) is 5.89. The van der Waals surface area contributed by atoms with Gasteiger partial charge >= 0.3 is 0 Å². The third-order valence-corrected chi connectivity index (χ3v) is 2.54. The van der Waals surface area contributed by atoms with Crippen molar-refractivity contribution in [2.75, 3.05) is 11.9 Å². The molecule has 0 radical (unpaired) electrons. The van der Waals surface area contributed by atoms with Crippen LogP contribution < -0.4 is 10.6 Å². The fourth-order valence-corrected chi connectivity index (χ4v) is 1.63. The van der Waals surface area contributed by atoms with E-state index >= 15 is 0 Å². The van der Waals surface area contributed by atoms with Crippen LogP contribution in [0.5, 0.6) is 0 Å². The summed E-state index contributed by atoms with van der Waals surface area (Å²) < 4.78 is 13.1. The summed E-state index contributed by atoms with van der Waals surface area (Å²) in [6.45, 7) is 6.37. The van der Waals surface area contributed by atoms with Crippen molar-refractivity contribution in [2.45, 2.75) is 26.8 Å². The lowest BCUT2D eigenvalue weighted by atomic mass is 10.2. The maximum Gasteiger partial charge on any atom is 0.242 e. The predicted octanol–water partition coefficient (Wildman–Crippen LogP) is 3.05. The Morgan fingerprint density at radius 1 is 1.33 bits per heavy atom. The molecule has 0 fully saturated rings. The average molecular weight is 273 g/mol. The molecule has 18 heavy (non-hydrogen) atoms. The van der Waals surface area contributed by atoms with E-state index in [4.69, 9.17) is 11.6 Å². The number of carbonyl (C=O) groups is 1. The molecule has 0 aliphatic heterocycles. The van der Waals surface area contributed by atoms with Crippen LogP contribution in [0.1, 0.15) is 20.8 Å². The lowest BCUT2D eigenvalue weighted by Gasteiger charge is -2.16. The first-order valence-corrected chi connectivity index (χ1v) is 6.26. The second kappa shape index (κ2) is 6.59. The van der Waals surface area contributed by atoms with Crippen molar-refractivity contribution < 1.29 is 9.18 Å². The Hall–Kier alpha value is -1.29. The molecule has 1 aromatic carbocycles. The fourth-order valence-electron chi connectivity index (χ4n) is 1.41. The van der Waals surface area contributed by atoms with Gasteiger partial charge in [0.25, 0.3) is 0 Å². The monoisotopic (exact) mass is 272 g/mol. The summed E-state index contributed by atoms with van der Waals surface area (Å²) in [5.41, 5.74) is 0.493. The highest BCUT2D eigenvalue weighted by molar-refractivity contribution is 6.30. The van der Waals surface area contributed by atoms with Gasteiger partial charge in [-0.15, -0.1) is 0 Å². The highest BCUT2D eigenvalue weighted by Gasteiger charge is 2.13. The molecule has 0 aliphatic carbocycles. The lowest BCUT2D eigenvalue weighted by molar-refractivity contribution is -0.121. The van der Waals surface area contributed by atoms with E-state index in [-0.39, 0.29) is 5.91 Å². The Labute approximate surface area is 112 Å². The molecule has 1 atom stereocenters. The number of halogens is 2.